The summed E-state index contributed by atoms with van der Waals surface area (Å²) >= 11 is 0. The van der Waals surface area contributed by atoms with Crippen molar-refractivity contribution in [2.45, 2.75) is 59.0 Å². The van der Waals surface area contributed by atoms with Crippen LogP contribution in [0, 0.1) is 26.7 Å². The smallest absolute Gasteiger partial charge is 0.264 e. The van der Waals surface area contributed by atoms with Crippen molar-refractivity contribution < 1.29 is 18.0 Å². The molecule has 0 spiro atoms. The average Bonchev–Trinajstić information content (AvgIpc) is 2.89. The molecule has 0 unspecified atom stereocenters. The Morgan fingerprint density at radius 2 is 1.41 bits per heavy atom. The number of anilines is 1. The minimum atomic E-state index is -4.07. The Hall–Kier alpha value is -3.65. The first-order valence-electron chi connectivity index (χ1n) is 13.2. The van der Waals surface area contributed by atoms with Gasteiger partial charge in [0.25, 0.3) is 10.0 Å². The molecule has 0 aliphatic heterocycles. The molecule has 0 saturated carbocycles. The summed E-state index contributed by atoms with van der Waals surface area (Å²) in [4.78, 5) is 28.5. The molecule has 3 aromatic rings. The summed E-state index contributed by atoms with van der Waals surface area (Å²) in [5.74, 6) is -0.508. The third-order valence-corrected chi connectivity index (χ3v) is 8.29. The summed E-state index contributed by atoms with van der Waals surface area (Å²) < 4.78 is 28.8. The monoisotopic (exact) mass is 549 g/mol. The molecule has 0 fully saturated rings. The predicted molar refractivity (Wildman–Crippen MR) is 156 cm³/mol. The number of nitrogens with zero attached hydrogens (tertiary/aromatic N) is 2. The third-order valence-electron chi connectivity index (χ3n) is 6.50. The maximum atomic E-state index is 13.9. The number of nitrogens with one attached hydrogen (secondary N) is 1. The highest BCUT2D eigenvalue weighted by molar-refractivity contribution is 7.92. The normalized spacial score (nSPS) is 12.2. The molecule has 2 amide bonds. The summed E-state index contributed by atoms with van der Waals surface area (Å²) in [6, 6.07) is 20.5. The Labute approximate surface area is 232 Å². The van der Waals surface area contributed by atoms with E-state index in [-0.39, 0.29) is 23.3 Å². The van der Waals surface area contributed by atoms with E-state index in [2.05, 4.69) is 5.32 Å². The first kappa shape index (κ1) is 29.9. The van der Waals surface area contributed by atoms with Crippen LogP contribution in [0.2, 0.25) is 0 Å². The number of hydrogen-bond donors (Lipinski definition) is 1. The molecule has 7 nitrogen and oxygen atoms in total. The molecular formula is C31H39N3O4S. The van der Waals surface area contributed by atoms with Gasteiger partial charge in [-0.05, 0) is 63.4 Å². The molecule has 3 aromatic carbocycles. The zero-order valence-corrected chi connectivity index (χ0v) is 24.5. The second-order valence-corrected chi connectivity index (χ2v) is 12.3. The lowest BCUT2D eigenvalue weighted by Gasteiger charge is -2.32. The highest BCUT2D eigenvalue weighted by Gasteiger charge is 2.32. The molecule has 8 heteroatoms. The molecule has 0 aromatic heterocycles. The number of carbonyl (C=O) groups is 2. The SMILES string of the molecule is Cc1ccc(N(CC(=O)N(Cc2cccc(C)c2)[C@@H](C)C(=O)NCC(C)C)S(=O)(=O)c2ccc(C)cc2)cc1. The quantitative estimate of drug-likeness (QED) is 0.365. The fourth-order valence-corrected chi connectivity index (χ4v) is 5.53. The molecule has 0 aliphatic carbocycles. The van der Waals surface area contributed by atoms with E-state index < -0.39 is 28.5 Å². The highest BCUT2D eigenvalue weighted by Crippen LogP contribution is 2.25. The van der Waals surface area contributed by atoms with Crippen LogP contribution in [0.25, 0.3) is 0 Å². The molecular weight excluding hydrogens is 510 g/mol. The van der Waals surface area contributed by atoms with Gasteiger partial charge in [0.1, 0.15) is 12.6 Å². The van der Waals surface area contributed by atoms with Crippen LogP contribution in [0.4, 0.5) is 5.69 Å². The second-order valence-electron chi connectivity index (χ2n) is 10.5. The zero-order valence-electron chi connectivity index (χ0n) is 23.6. The molecule has 0 saturated heterocycles. The van der Waals surface area contributed by atoms with Crippen molar-refractivity contribution in [1.82, 2.24) is 10.2 Å². The van der Waals surface area contributed by atoms with Crippen LogP contribution in [0.5, 0.6) is 0 Å². The Kier molecular flexibility index (Phi) is 9.92. The summed E-state index contributed by atoms with van der Waals surface area (Å²) in [5.41, 5.74) is 4.16. The van der Waals surface area contributed by atoms with Gasteiger partial charge in [-0.2, -0.15) is 0 Å². The first-order chi connectivity index (χ1) is 18.4. The first-order valence-corrected chi connectivity index (χ1v) is 14.6. The fraction of sp³-hybridized carbons (Fsp3) is 0.355. The lowest BCUT2D eigenvalue weighted by atomic mass is 10.1. The van der Waals surface area contributed by atoms with Crippen molar-refractivity contribution in [3.8, 4) is 0 Å². The van der Waals surface area contributed by atoms with Gasteiger partial charge in [0, 0.05) is 13.1 Å². The largest absolute Gasteiger partial charge is 0.354 e. The third kappa shape index (κ3) is 7.93. The second kappa shape index (κ2) is 12.9. The lowest BCUT2D eigenvalue weighted by Crippen LogP contribution is -2.51. The number of hydrogen-bond acceptors (Lipinski definition) is 4. The van der Waals surface area contributed by atoms with Crippen molar-refractivity contribution in [1.29, 1.82) is 0 Å². The summed E-state index contributed by atoms with van der Waals surface area (Å²) in [6.45, 7) is 11.6. The summed E-state index contributed by atoms with van der Waals surface area (Å²) in [7, 11) is -4.07. The number of aryl methyl sites for hydroxylation is 3. The van der Waals surface area contributed by atoms with Gasteiger partial charge in [0.2, 0.25) is 11.8 Å². The number of amides is 2. The van der Waals surface area contributed by atoms with Gasteiger partial charge < -0.3 is 10.2 Å². The van der Waals surface area contributed by atoms with Gasteiger partial charge in [0.05, 0.1) is 10.6 Å². The Balaban J connectivity index is 2.01. The topological polar surface area (TPSA) is 86.8 Å². The maximum absolute atomic E-state index is 13.9. The van der Waals surface area contributed by atoms with Crippen LogP contribution in [-0.2, 0) is 26.2 Å². The van der Waals surface area contributed by atoms with Crippen LogP contribution in [-0.4, -0.2) is 44.3 Å². The van der Waals surface area contributed by atoms with Crippen LogP contribution in [0.1, 0.15) is 43.0 Å². The molecule has 0 heterocycles. The van der Waals surface area contributed by atoms with Crippen LogP contribution >= 0.6 is 0 Å². The van der Waals surface area contributed by atoms with Gasteiger partial charge in [-0.1, -0.05) is 79.1 Å². The Bertz CT molecular complexity index is 1380. The van der Waals surface area contributed by atoms with Crippen molar-refractivity contribution in [3.05, 3.63) is 95.1 Å². The van der Waals surface area contributed by atoms with E-state index in [0.717, 1.165) is 26.6 Å². The molecule has 1 N–H and O–H groups in total. The Morgan fingerprint density at radius 3 is 1.97 bits per heavy atom. The lowest BCUT2D eigenvalue weighted by molar-refractivity contribution is -0.139. The Morgan fingerprint density at radius 1 is 0.821 bits per heavy atom. The molecule has 3 rings (SSSR count). The number of sulfonamides is 1. The number of rotatable bonds is 11. The van der Waals surface area contributed by atoms with E-state index >= 15 is 0 Å². The van der Waals surface area contributed by atoms with Crippen molar-refractivity contribution in [2.24, 2.45) is 5.92 Å². The van der Waals surface area contributed by atoms with Gasteiger partial charge in [-0.15, -0.1) is 0 Å². The molecule has 0 bridgehead atoms. The predicted octanol–water partition coefficient (Wildman–Crippen LogP) is 5.00. The van der Waals surface area contributed by atoms with E-state index in [1.807, 2.05) is 71.0 Å². The fourth-order valence-electron chi connectivity index (χ4n) is 4.12. The standard InChI is InChI=1S/C31H39N3O4S/c1-22(2)19-32-31(36)26(6)33(20-27-9-7-8-25(5)18-27)30(35)21-34(28-14-10-23(3)11-15-28)39(37,38)29-16-12-24(4)13-17-29/h7-18,22,26H,19-21H2,1-6H3,(H,32,36)/t26-/m0/s1. The highest BCUT2D eigenvalue weighted by atomic mass is 32.2. The van der Waals surface area contributed by atoms with E-state index in [1.54, 1.807) is 43.3 Å². The number of benzene rings is 3. The van der Waals surface area contributed by atoms with E-state index in [1.165, 1.54) is 4.90 Å². The van der Waals surface area contributed by atoms with Crippen LogP contribution in [0.3, 0.4) is 0 Å². The van der Waals surface area contributed by atoms with Crippen molar-refractivity contribution in [2.75, 3.05) is 17.4 Å². The van der Waals surface area contributed by atoms with Gasteiger partial charge in [-0.25, -0.2) is 8.42 Å². The molecule has 0 radical (unpaired) electrons. The zero-order chi connectivity index (χ0) is 28.7. The molecule has 0 aliphatic rings. The van der Waals surface area contributed by atoms with Crippen molar-refractivity contribution >= 4 is 27.5 Å². The van der Waals surface area contributed by atoms with E-state index in [4.69, 9.17) is 0 Å². The summed E-state index contributed by atoms with van der Waals surface area (Å²) in [5, 5.41) is 2.90. The van der Waals surface area contributed by atoms with Crippen molar-refractivity contribution in [3.63, 3.8) is 0 Å². The van der Waals surface area contributed by atoms with E-state index in [9.17, 15) is 18.0 Å². The number of carbonyl (C=O) groups excluding carboxylic acids is 2. The van der Waals surface area contributed by atoms with Crippen LogP contribution in [0.15, 0.2) is 77.7 Å². The minimum absolute atomic E-state index is 0.0921. The van der Waals surface area contributed by atoms with E-state index in [0.29, 0.717) is 12.2 Å². The summed E-state index contributed by atoms with van der Waals surface area (Å²) in [6.07, 6.45) is 0. The minimum Gasteiger partial charge on any atom is -0.354 e. The van der Waals surface area contributed by atoms with Gasteiger partial charge >= 0.3 is 0 Å². The van der Waals surface area contributed by atoms with Gasteiger partial charge in [0.15, 0.2) is 0 Å². The van der Waals surface area contributed by atoms with Gasteiger partial charge in [-0.3, -0.25) is 13.9 Å². The molecule has 39 heavy (non-hydrogen) atoms. The van der Waals surface area contributed by atoms with Crippen LogP contribution < -0.4 is 9.62 Å². The average molecular weight is 550 g/mol. The molecule has 208 valence electrons. The maximum Gasteiger partial charge on any atom is 0.264 e. The molecule has 1 atom stereocenters.